The highest BCUT2D eigenvalue weighted by Gasteiger charge is 2.34. The average molecular weight is 397 g/mol. The summed E-state index contributed by atoms with van der Waals surface area (Å²) in [5, 5.41) is 0.0390. The Bertz CT molecular complexity index is 983. The number of ether oxygens (including phenoxy) is 1. The minimum Gasteiger partial charge on any atom is -0.462 e. The summed E-state index contributed by atoms with van der Waals surface area (Å²) in [6.07, 6.45) is 0. The van der Waals surface area contributed by atoms with Crippen molar-refractivity contribution < 1.29 is 13.9 Å². The largest absolute Gasteiger partial charge is 0.462 e. The molecule has 0 bridgehead atoms. The van der Waals surface area contributed by atoms with Gasteiger partial charge in [0, 0.05) is 11.1 Å². The van der Waals surface area contributed by atoms with Crippen LogP contribution < -0.4 is 5.63 Å². The molecule has 0 N–H and O–H groups in total. The zero-order valence-electron chi connectivity index (χ0n) is 17.7. The van der Waals surface area contributed by atoms with Crippen LogP contribution in [0.4, 0.5) is 0 Å². The maximum Gasteiger partial charge on any atom is 0.343 e. The normalized spacial score (nSPS) is 11.5. The van der Waals surface area contributed by atoms with Crippen molar-refractivity contribution in [2.75, 3.05) is 6.61 Å². The van der Waals surface area contributed by atoms with Crippen molar-refractivity contribution in [3.8, 4) is 22.6 Å². The lowest BCUT2D eigenvalue weighted by Gasteiger charge is -2.31. The lowest BCUT2D eigenvalue weighted by molar-refractivity contribution is 0.0523. The summed E-state index contributed by atoms with van der Waals surface area (Å²) in [5.41, 5.74) is 4.70. The third-order valence-electron chi connectivity index (χ3n) is 5.26. The number of rotatable bonds is 3. The summed E-state index contributed by atoms with van der Waals surface area (Å²) >= 11 is 0. The predicted molar refractivity (Wildman–Crippen MR) is 115 cm³/mol. The number of benzene rings is 1. The third kappa shape index (κ3) is 4.45. The molecule has 0 aliphatic heterocycles. The Hall–Kier alpha value is -2.58. The number of esters is 1. The smallest absolute Gasteiger partial charge is 0.343 e. The number of carbonyl (C=O) groups excluding carboxylic acids is 1. The van der Waals surface area contributed by atoms with E-state index in [-0.39, 0.29) is 23.0 Å². The molecule has 5 heteroatoms. The van der Waals surface area contributed by atoms with Crippen molar-refractivity contribution in [1.29, 1.82) is 0 Å². The number of hydrogen-bond acceptors (Lipinski definition) is 4. The van der Waals surface area contributed by atoms with Gasteiger partial charge < -0.3 is 9.15 Å². The molecule has 0 saturated carbocycles. The molecule has 0 aliphatic rings. The molecule has 1 aromatic heterocycles. The second-order valence-electron chi connectivity index (χ2n) is 8.31. The van der Waals surface area contributed by atoms with Gasteiger partial charge in [-0.2, -0.15) is 0 Å². The fourth-order valence-corrected chi connectivity index (χ4v) is 3.28. The van der Waals surface area contributed by atoms with Crippen LogP contribution in [-0.4, -0.2) is 20.7 Å². The van der Waals surface area contributed by atoms with Gasteiger partial charge in [-0.15, -0.1) is 5.54 Å². The highest BCUT2D eigenvalue weighted by molar-refractivity contribution is 6.87. The van der Waals surface area contributed by atoms with Crippen LogP contribution in [-0.2, 0) is 4.74 Å². The van der Waals surface area contributed by atoms with Crippen LogP contribution in [0.3, 0.4) is 0 Å². The fraction of sp³-hybridized carbons (Fsp3) is 0.391. The third-order valence-corrected chi connectivity index (χ3v) is 9.76. The van der Waals surface area contributed by atoms with Crippen molar-refractivity contribution in [2.45, 2.75) is 52.8 Å². The summed E-state index contributed by atoms with van der Waals surface area (Å²) in [5.74, 6) is 2.57. The van der Waals surface area contributed by atoms with Crippen molar-refractivity contribution in [2.24, 2.45) is 0 Å². The van der Waals surface area contributed by atoms with Gasteiger partial charge >= 0.3 is 11.6 Å². The fourth-order valence-electron chi connectivity index (χ4n) is 2.48. The van der Waals surface area contributed by atoms with E-state index in [0.717, 1.165) is 5.56 Å². The molecule has 1 aromatic carbocycles. The Balaban J connectivity index is 2.83. The molecule has 2 rings (SSSR count). The highest BCUT2D eigenvalue weighted by atomic mass is 28.3. The van der Waals surface area contributed by atoms with Gasteiger partial charge in [0.2, 0.25) is 0 Å². The number of hydrogen-bond donors (Lipinski definition) is 0. The predicted octanol–water partition coefficient (Wildman–Crippen LogP) is 5.19. The van der Waals surface area contributed by atoms with Gasteiger partial charge in [0.25, 0.3) is 0 Å². The first-order chi connectivity index (χ1) is 13.0. The Morgan fingerprint density at radius 1 is 1.18 bits per heavy atom. The average Bonchev–Trinajstić information content (AvgIpc) is 2.62. The van der Waals surface area contributed by atoms with E-state index in [1.54, 1.807) is 13.8 Å². The Kier molecular flexibility index (Phi) is 6.36. The zero-order chi connectivity index (χ0) is 21.1. The van der Waals surface area contributed by atoms with Gasteiger partial charge in [-0.25, -0.2) is 9.59 Å². The summed E-state index contributed by atoms with van der Waals surface area (Å²) < 4.78 is 10.7. The maximum atomic E-state index is 12.8. The molecule has 2 aromatic rings. The van der Waals surface area contributed by atoms with Crippen LogP contribution in [0.2, 0.25) is 18.1 Å². The molecule has 0 fully saturated rings. The van der Waals surface area contributed by atoms with Crippen molar-refractivity contribution in [3.05, 3.63) is 57.6 Å². The molecule has 1 heterocycles. The molecule has 28 heavy (non-hydrogen) atoms. The SMILES string of the molecule is CCOC(=O)c1c(C#C[Si](C)(C)C(C)(C)C)oc(=O)c(C)c1-c1ccccc1. The Morgan fingerprint density at radius 3 is 2.32 bits per heavy atom. The molecule has 0 amide bonds. The molecule has 148 valence electrons. The minimum atomic E-state index is -1.97. The van der Waals surface area contributed by atoms with Gasteiger partial charge in [-0.3, -0.25) is 0 Å². The van der Waals surface area contributed by atoms with Crippen molar-refractivity contribution >= 4 is 14.0 Å². The molecular weight excluding hydrogens is 368 g/mol. The summed E-state index contributed by atoms with van der Waals surface area (Å²) in [6.45, 7) is 14.4. The van der Waals surface area contributed by atoms with E-state index in [1.165, 1.54) is 0 Å². The Labute approximate surface area is 167 Å². The van der Waals surface area contributed by atoms with Crippen LogP contribution in [0.25, 0.3) is 11.1 Å². The van der Waals surface area contributed by atoms with E-state index < -0.39 is 19.7 Å². The molecule has 0 radical (unpaired) electrons. The monoisotopic (exact) mass is 396 g/mol. The topological polar surface area (TPSA) is 56.5 Å². The molecule has 0 saturated heterocycles. The molecule has 0 spiro atoms. The lowest BCUT2D eigenvalue weighted by Crippen LogP contribution is -2.35. The van der Waals surface area contributed by atoms with Gasteiger partial charge in [0.15, 0.2) is 5.76 Å². The first-order valence-corrected chi connectivity index (χ1v) is 12.4. The molecule has 0 atom stereocenters. The lowest BCUT2D eigenvalue weighted by atomic mass is 9.96. The van der Waals surface area contributed by atoms with Gasteiger partial charge in [-0.1, -0.05) is 64.2 Å². The highest BCUT2D eigenvalue weighted by Crippen LogP contribution is 2.35. The van der Waals surface area contributed by atoms with E-state index >= 15 is 0 Å². The van der Waals surface area contributed by atoms with Gasteiger partial charge in [-0.05, 0) is 30.4 Å². The zero-order valence-corrected chi connectivity index (χ0v) is 18.7. The van der Waals surface area contributed by atoms with Gasteiger partial charge in [0.1, 0.15) is 13.6 Å². The van der Waals surface area contributed by atoms with E-state index in [1.807, 2.05) is 30.3 Å². The van der Waals surface area contributed by atoms with Crippen molar-refractivity contribution in [3.63, 3.8) is 0 Å². The quantitative estimate of drug-likeness (QED) is 0.407. The molecule has 4 nitrogen and oxygen atoms in total. The second kappa shape index (κ2) is 8.20. The van der Waals surface area contributed by atoms with Crippen LogP contribution in [0.5, 0.6) is 0 Å². The first-order valence-electron chi connectivity index (χ1n) is 9.43. The minimum absolute atomic E-state index is 0.0390. The van der Waals surface area contributed by atoms with Crippen LogP contribution in [0, 0.1) is 18.4 Å². The van der Waals surface area contributed by atoms with E-state index in [4.69, 9.17) is 9.15 Å². The number of carbonyl (C=O) groups is 1. The van der Waals surface area contributed by atoms with Crippen LogP contribution >= 0.6 is 0 Å². The maximum absolute atomic E-state index is 12.8. The van der Waals surface area contributed by atoms with Crippen LogP contribution in [0.15, 0.2) is 39.5 Å². The summed E-state index contributed by atoms with van der Waals surface area (Å²) in [7, 11) is -1.97. The summed E-state index contributed by atoms with van der Waals surface area (Å²) in [4.78, 5) is 25.3. The van der Waals surface area contributed by atoms with E-state index in [9.17, 15) is 9.59 Å². The molecule has 0 unspecified atom stereocenters. The first kappa shape index (κ1) is 21.7. The Morgan fingerprint density at radius 2 is 1.79 bits per heavy atom. The standard InChI is InChI=1S/C23H28O4Si/c1-8-26-22(25)20-18(14-15-28(6,7)23(3,4)5)27-21(24)16(2)19(20)17-12-10-9-11-13-17/h9-13H,8H2,1-7H3. The van der Waals surface area contributed by atoms with Crippen molar-refractivity contribution in [1.82, 2.24) is 0 Å². The van der Waals surface area contributed by atoms with Crippen LogP contribution in [0.1, 0.15) is 49.4 Å². The van der Waals surface area contributed by atoms with E-state index in [0.29, 0.717) is 11.1 Å². The van der Waals surface area contributed by atoms with E-state index in [2.05, 4.69) is 45.3 Å². The molecular formula is C23H28O4Si. The van der Waals surface area contributed by atoms with Gasteiger partial charge in [0.05, 0.1) is 6.61 Å². The second-order valence-corrected chi connectivity index (χ2v) is 13.3. The molecule has 0 aliphatic carbocycles. The summed E-state index contributed by atoms with van der Waals surface area (Å²) in [6, 6.07) is 9.32.